The van der Waals surface area contributed by atoms with Gasteiger partial charge in [-0.05, 0) is 32.0 Å². The lowest BCUT2D eigenvalue weighted by atomic mass is 10.0. The van der Waals surface area contributed by atoms with Gasteiger partial charge in [-0.2, -0.15) is 0 Å². The topological polar surface area (TPSA) is 138 Å². The number of ether oxygens (including phenoxy) is 4. The summed E-state index contributed by atoms with van der Waals surface area (Å²) in [5, 5.41) is 9.19. The Morgan fingerprint density at radius 1 is 1.22 bits per heavy atom. The van der Waals surface area contributed by atoms with E-state index in [-0.39, 0.29) is 12.6 Å². The molecule has 3 atom stereocenters. The molecule has 1 aromatic carbocycles. The summed E-state index contributed by atoms with van der Waals surface area (Å²) in [4.78, 5) is 37.1. The highest BCUT2D eigenvalue weighted by molar-refractivity contribution is 6.01. The van der Waals surface area contributed by atoms with Gasteiger partial charge < -0.3 is 34.7 Å². The van der Waals surface area contributed by atoms with Crippen molar-refractivity contribution >= 4 is 17.8 Å². The normalized spacial score (nSPS) is 15.4. The number of aliphatic hydroxyl groups excluding tert-OH is 1. The Balaban J connectivity index is 1.88. The summed E-state index contributed by atoms with van der Waals surface area (Å²) in [7, 11) is 1.38. The van der Waals surface area contributed by atoms with Gasteiger partial charge in [-0.15, -0.1) is 0 Å². The van der Waals surface area contributed by atoms with Crippen LogP contribution in [-0.2, 0) is 14.3 Å². The highest BCUT2D eigenvalue weighted by Crippen LogP contribution is 2.32. The fraction of sp³-hybridized carbons (Fsp3) is 0.471. The maximum absolute atomic E-state index is 12.6. The maximum atomic E-state index is 12.6. The predicted octanol–water partition coefficient (Wildman–Crippen LogP) is 0.264. The summed E-state index contributed by atoms with van der Waals surface area (Å²) in [5.74, 6) is -0.241. The first-order chi connectivity index (χ1) is 12.7. The minimum atomic E-state index is -1.24. The molecule has 1 aromatic rings. The highest BCUT2D eigenvalue weighted by atomic mass is 16.7. The number of hydrogen-bond acceptors (Lipinski definition) is 9. The maximum Gasteiger partial charge on any atom is 0.413 e. The van der Waals surface area contributed by atoms with Crippen LogP contribution in [0.15, 0.2) is 18.2 Å². The zero-order valence-corrected chi connectivity index (χ0v) is 15.2. The Kier molecular flexibility index (Phi) is 6.59. The summed E-state index contributed by atoms with van der Waals surface area (Å²) in [6.45, 7) is 2.26. The first-order valence-corrected chi connectivity index (χ1v) is 8.16. The number of Topliss-reactive ketones (excluding diaryl/α,β-unsaturated/α-hetero) is 1. The Morgan fingerprint density at radius 3 is 2.56 bits per heavy atom. The molecule has 10 heteroatoms. The summed E-state index contributed by atoms with van der Waals surface area (Å²) < 4.78 is 19.9. The van der Waals surface area contributed by atoms with Crippen molar-refractivity contribution in [1.82, 2.24) is 4.90 Å². The fourth-order valence-electron chi connectivity index (χ4n) is 2.16. The summed E-state index contributed by atoms with van der Waals surface area (Å²) >= 11 is 0. The molecule has 0 aromatic heterocycles. The van der Waals surface area contributed by atoms with E-state index in [1.165, 1.54) is 20.9 Å². The summed E-state index contributed by atoms with van der Waals surface area (Å²) in [6.07, 6.45) is -1.97. The number of carbonyl (C=O) groups is 3. The first-order valence-electron chi connectivity index (χ1n) is 8.16. The third-order valence-corrected chi connectivity index (χ3v) is 4.08. The molecule has 1 aliphatic rings. The molecule has 27 heavy (non-hydrogen) atoms. The van der Waals surface area contributed by atoms with E-state index in [0.29, 0.717) is 17.1 Å². The van der Waals surface area contributed by atoms with Crippen molar-refractivity contribution in [3.05, 3.63) is 23.8 Å². The van der Waals surface area contributed by atoms with Crippen LogP contribution in [0.2, 0.25) is 0 Å². The number of esters is 1. The van der Waals surface area contributed by atoms with E-state index in [4.69, 9.17) is 19.9 Å². The monoisotopic (exact) mass is 382 g/mol. The molecule has 3 unspecified atom stereocenters. The Labute approximate surface area is 155 Å². The molecule has 1 amide bonds. The number of aliphatic hydroxyl groups is 1. The number of ketones is 1. The standard InChI is InChI=1S/C17H22N2O8/c1-9(15(21)11-4-5-12-13(6-11)25-7-24-12)19(3)17(23)27-8-26-16(22)14(18)10(2)20/h4-6,9-10,14,20H,7-8,18H2,1-3H3. The van der Waals surface area contributed by atoms with Crippen molar-refractivity contribution in [2.24, 2.45) is 5.73 Å². The van der Waals surface area contributed by atoms with Crippen molar-refractivity contribution in [1.29, 1.82) is 0 Å². The van der Waals surface area contributed by atoms with Crippen LogP contribution in [0.25, 0.3) is 0 Å². The van der Waals surface area contributed by atoms with Gasteiger partial charge in [0.1, 0.15) is 6.04 Å². The molecule has 10 nitrogen and oxygen atoms in total. The van der Waals surface area contributed by atoms with Gasteiger partial charge in [0.05, 0.1) is 12.1 Å². The van der Waals surface area contributed by atoms with Crippen molar-refractivity contribution in [3.8, 4) is 11.5 Å². The average Bonchev–Trinajstić information content (AvgIpc) is 3.12. The van der Waals surface area contributed by atoms with Crippen LogP contribution in [0.1, 0.15) is 24.2 Å². The molecule has 3 N–H and O–H groups in total. The number of carbonyl (C=O) groups excluding carboxylic acids is 3. The van der Waals surface area contributed by atoms with Gasteiger partial charge in [0.15, 0.2) is 17.3 Å². The zero-order valence-electron chi connectivity index (χ0n) is 15.2. The minimum Gasteiger partial charge on any atom is -0.454 e. The molecular formula is C17H22N2O8. The van der Waals surface area contributed by atoms with E-state index in [1.54, 1.807) is 18.2 Å². The Bertz CT molecular complexity index is 721. The number of fused-ring (bicyclic) bond motifs is 1. The molecule has 0 spiro atoms. The number of likely N-dealkylation sites (N-methyl/N-ethyl adjacent to an activating group) is 1. The SMILES string of the molecule is CC(O)C(N)C(=O)OCOC(=O)N(C)C(C)C(=O)c1ccc2c(c1)OCO2. The first kappa shape index (κ1) is 20.5. The predicted molar refractivity (Wildman–Crippen MR) is 91.2 cm³/mol. The van der Waals surface area contributed by atoms with E-state index in [1.807, 2.05) is 0 Å². The van der Waals surface area contributed by atoms with Crippen LogP contribution in [0.4, 0.5) is 4.79 Å². The van der Waals surface area contributed by atoms with Crippen LogP contribution in [-0.4, -0.2) is 66.7 Å². The molecule has 1 aliphatic heterocycles. The Morgan fingerprint density at radius 2 is 1.89 bits per heavy atom. The van der Waals surface area contributed by atoms with Gasteiger partial charge in [0.2, 0.25) is 13.6 Å². The van der Waals surface area contributed by atoms with E-state index in [9.17, 15) is 19.5 Å². The number of nitrogens with zero attached hydrogens (tertiary/aromatic N) is 1. The Hall–Kier alpha value is -2.85. The third-order valence-electron chi connectivity index (χ3n) is 4.08. The largest absolute Gasteiger partial charge is 0.454 e. The number of hydrogen-bond donors (Lipinski definition) is 2. The summed E-state index contributed by atoms with van der Waals surface area (Å²) in [5.41, 5.74) is 5.74. The molecular weight excluding hydrogens is 360 g/mol. The van der Waals surface area contributed by atoms with Crippen molar-refractivity contribution in [2.45, 2.75) is 32.0 Å². The lowest BCUT2D eigenvalue weighted by Crippen LogP contribution is -2.43. The van der Waals surface area contributed by atoms with Crippen LogP contribution >= 0.6 is 0 Å². The van der Waals surface area contributed by atoms with Crippen molar-refractivity contribution < 1.29 is 38.4 Å². The van der Waals surface area contributed by atoms with Crippen LogP contribution in [0.3, 0.4) is 0 Å². The van der Waals surface area contributed by atoms with Crippen LogP contribution < -0.4 is 15.2 Å². The quantitative estimate of drug-likeness (QED) is 0.386. The van der Waals surface area contributed by atoms with Gasteiger partial charge >= 0.3 is 12.1 Å². The lowest BCUT2D eigenvalue weighted by Gasteiger charge is -2.23. The van der Waals surface area contributed by atoms with Gasteiger partial charge in [-0.3, -0.25) is 9.59 Å². The second-order valence-corrected chi connectivity index (χ2v) is 5.98. The average molecular weight is 382 g/mol. The second kappa shape index (κ2) is 8.69. The fourth-order valence-corrected chi connectivity index (χ4v) is 2.16. The number of amides is 1. The number of nitrogens with two attached hydrogens (primary N) is 1. The smallest absolute Gasteiger partial charge is 0.413 e. The summed E-state index contributed by atoms with van der Waals surface area (Å²) in [6, 6.07) is 2.65. The highest BCUT2D eigenvalue weighted by Gasteiger charge is 2.27. The van der Waals surface area contributed by atoms with Gasteiger partial charge in [0.25, 0.3) is 0 Å². The van der Waals surface area contributed by atoms with E-state index >= 15 is 0 Å². The molecule has 2 rings (SSSR count). The molecule has 0 bridgehead atoms. The lowest BCUT2D eigenvalue weighted by molar-refractivity contribution is -0.156. The third kappa shape index (κ3) is 4.86. The van der Waals surface area contributed by atoms with E-state index < -0.39 is 37.0 Å². The molecule has 0 radical (unpaired) electrons. The van der Waals surface area contributed by atoms with Crippen molar-refractivity contribution in [2.75, 3.05) is 20.6 Å². The van der Waals surface area contributed by atoms with E-state index in [2.05, 4.69) is 4.74 Å². The molecule has 0 saturated heterocycles. The molecule has 148 valence electrons. The van der Waals surface area contributed by atoms with Crippen LogP contribution in [0.5, 0.6) is 11.5 Å². The molecule has 0 saturated carbocycles. The molecule has 1 heterocycles. The van der Waals surface area contributed by atoms with Gasteiger partial charge in [0, 0.05) is 12.6 Å². The number of rotatable bonds is 7. The van der Waals surface area contributed by atoms with Gasteiger partial charge in [-0.25, -0.2) is 4.79 Å². The van der Waals surface area contributed by atoms with Gasteiger partial charge in [-0.1, -0.05) is 0 Å². The molecule has 0 fully saturated rings. The van der Waals surface area contributed by atoms with Crippen molar-refractivity contribution in [3.63, 3.8) is 0 Å². The second-order valence-electron chi connectivity index (χ2n) is 5.98. The van der Waals surface area contributed by atoms with Crippen LogP contribution in [0, 0.1) is 0 Å². The minimum absolute atomic E-state index is 0.0895. The van der Waals surface area contributed by atoms with E-state index in [0.717, 1.165) is 4.90 Å². The molecule has 0 aliphatic carbocycles. The number of benzene rings is 1. The zero-order chi connectivity index (χ0) is 20.1.